The fraction of sp³-hybridized carbons (Fsp3) is 0.606. The number of rotatable bonds is 6. The molecule has 42 heavy (non-hydrogen) atoms. The number of aromatic nitrogens is 2. The molecule has 2 aromatic carbocycles. The molecule has 3 atom stereocenters. The normalized spacial score (nSPS) is 25.8. The van der Waals surface area contributed by atoms with Crippen LogP contribution in [0.15, 0.2) is 41.3 Å². The molecule has 3 aliphatic rings. The highest BCUT2D eigenvalue weighted by Gasteiger charge is 2.40. The lowest BCUT2D eigenvalue weighted by molar-refractivity contribution is -0.0441. The zero-order valence-corrected chi connectivity index (χ0v) is 26.2. The van der Waals surface area contributed by atoms with Crippen LogP contribution in [-0.2, 0) is 21.6 Å². The zero-order valence-electron chi connectivity index (χ0n) is 25.4. The van der Waals surface area contributed by atoms with Gasteiger partial charge in [-0.15, -0.1) is 0 Å². The van der Waals surface area contributed by atoms with E-state index in [0.717, 1.165) is 68.6 Å². The minimum Gasteiger partial charge on any atom is -0.381 e. The van der Waals surface area contributed by atoms with Gasteiger partial charge in [0.05, 0.1) is 10.4 Å². The molecule has 0 aliphatic carbocycles. The van der Waals surface area contributed by atoms with Gasteiger partial charge in [-0.2, -0.15) is 0 Å². The molecule has 0 bridgehead atoms. The van der Waals surface area contributed by atoms with Gasteiger partial charge in [-0.1, -0.05) is 13.0 Å². The number of fused-ring (bicyclic) bond motifs is 1. The Morgan fingerprint density at radius 1 is 0.976 bits per heavy atom. The van der Waals surface area contributed by atoms with Crippen LogP contribution in [0.25, 0.3) is 22.4 Å². The van der Waals surface area contributed by atoms with Crippen LogP contribution >= 0.6 is 0 Å². The summed E-state index contributed by atoms with van der Waals surface area (Å²) in [5.74, 6) is 0.597. The Morgan fingerprint density at radius 2 is 1.67 bits per heavy atom. The molecular formula is C33H45FN4O3S. The predicted molar refractivity (Wildman–Crippen MR) is 165 cm³/mol. The van der Waals surface area contributed by atoms with Crippen molar-refractivity contribution in [2.45, 2.75) is 93.8 Å². The number of sulfone groups is 1. The Kier molecular flexibility index (Phi) is 8.48. The van der Waals surface area contributed by atoms with Crippen molar-refractivity contribution < 1.29 is 17.5 Å². The Bertz CT molecular complexity index is 1510. The summed E-state index contributed by atoms with van der Waals surface area (Å²) < 4.78 is 47.3. The lowest BCUT2D eigenvalue weighted by atomic mass is 9.83. The van der Waals surface area contributed by atoms with Gasteiger partial charge in [0, 0.05) is 56.2 Å². The van der Waals surface area contributed by atoms with Gasteiger partial charge in [-0.3, -0.25) is 4.90 Å². The Morgan fingerprint density at radius 3 is 2.31 bits per heavy atom. The standard InChI is InChI=1S/C33H45FN4O3S/c1-5-25-21-27(20-22(2)38(25)26-14-18-41-19-15-26)37-16-12-23(13-17-37)29-10-11-30-32(31(29)34)35-33(36(30)3)24-6-8-28(9-7-24)42(4,39)40/h6-11,22-23,25-27H,5,12-21H2,1-4H3. The number of imidazole rings is 1. The summed E-state index contributed by atoms with van der Waals surface area (Å²) in [5, 5.41) is 0. The third kappa shape index (κ3) is 5.65. The Balaban J connectivity index is 1.15. The highest BCUT2D eigenvalue weighted by molar-refractivity contribution is 7.90. The average molecular weight is 597 g/mol. The van der Waals surface area contributed by atoms with Crippen LogP contribution in [0.2, 0.25) is 0 Å². The van der Waals surface area contributed by atoms with Gasteiger partial charge < -0.3 is 14.2 Å². The summed E-state index contributed by atoms with van der Waals surface area (Å²) in [5.41, 5.74) is 2.66. The van der Waals surface area contributed by atoms with Gasteiger partial charge in [0.25, 0.3) is 0 Å². The topological polar surface area (TPSA) is 67.7 Å². The first kappa shape index (κ1) is 29.7. The summed E-state index contributed by atoms with van der Waals surface area (Å²) in [6, 6.07) is 13.0. The average Bonchev–Trinajstić information content (AvgIpc) is 3.34. The van der Waals surface area contributed by atoms with E-state index in [1.54, 1.807) is 24.3 Å². The van der Waals surface area contributed by atoms with E-state index in [2.05, 4.69) is 23.6 Å². The molecule has 0 spiro atoms. The highest BCUT2D eigenvalue weighted by atomic mass is 32.2. The molecular weight excluding hydrogens is 551 g/mol. The lowest BCUT2D eigenvalue weighted by Crippen LogP contribution is -2.58. The van der Waals surface area contributed by atoms with Gasteiger partial charge in [0.15, 0.2) is 15.7 Å². The monoisotopic (exact) mass is 596 g/mol. The number of piperidine rings is 2. The first-order chi connectivity index (χ1) is 20.2. The fourth-order valence-corrected chi connectivity index (χ4v) is 8.60. The molecule has 0 amide bonds. The lowest BCUT2D eigenvalue weighted by Gasteiger charge is -2.51. The molecule has 228 valence electrons. The van der Waals surface area contributed by atoms with Crippen molar-refractivity contribution in [3.05, 3.63) is 47.8 Å². The van der Waals surface area contributed by atoms with Crippen LogP contribution in [0, 0.1) is 5.82 Å². The van der Waals surface area contributed by atoms with Crippen molar-refractivity contribution in [1.29, 1.82) is 0 Å². The largest absolute Gasteiger partial charge is 0.381 e. The van der Waals surface area contributed by atoms with Gasteiger partial charge in [-0.05, 0) is 107 Å². The summed E-state index contributed by atoms with van der Waals surface area (Å²) in [6.45, 7) is 8.55. The van der Waals surface area contributed by atoms with Crippen LogP contribution in [0.5, 0.6) is 0 Å². The number of hydrogen-bond acceptors (Lipinski definition) is 6. The van der Waals surface area contributed by atoms with E-state index in [0.29, 0.717) is 35.5 Å². The molecule has 4 heterocycles. The molecule has 6 rings (SSSR count). The van der Waals surface area contributed by atoms with Crippen molar-refractivity contribution in [2.24, 2.45) is 7.05 Å². The number of hydrogen-bond donors (Lipinski definition) is 0. The van der Waals surface area contributed by atoms with E-state index in [1.807, 2.05) is 23.7 Å². The van der Waals surface area contributed by atoms with Crippen molar-refractivity contribution in [1.82, 2.24) is 19.4 Å². The van der Waals surface area contributed by atoms with Crippen LogP contribution in [0.3, 0.4) is 0 Å². The molecule has 0 radical (unpaired) electrons. The third-order valence-corrected chi connectivity index (χ3v) is 11.3. The molecule has 1 aromatic heterocycles. The zero-order chi connectivity index (χ0) is 29.6. The second kappa shape index (κ2) is 12.0. The van der Waals surface area contributed by atoms with E-state index in [9.17, 15) is 8.42 Å². The van der Waals surface area contributed by atoms with Crippen LogP contribution in [0.4, 0.5) is 4.39 Å². The maximum absolute atomic E-state index is 16.0. The molecule has 9 heteroatoms. The van der Waals surface area contributed by atoms with E-state index >= 15 is 4.39 Å². The minimum atomic E-state index is -3.28. The van der Waals surface area contributed by atoms with Crippen LogP contribution < -0.4 is 0 Å². The molecule has 3 aliphatic heterocycles. The first-order valence-corrected chi connectivity index (χ1v) is 17.6. The molecule has 3 fully saturated rings. The maximum atomic E-state index is 16.0. The molecule has 0 N–H and O–H groups in total. The number of likely N-dealkylation sites (tertiary alicyclic amines) is 2. The smallest absolute Gasteiger partial charge is 0.175 e. The molecule has 3 saturated heterocycles. The highest BCUT2D eigenvalue weighted by Crippen LogP contribution is 2.38. The summed E-state index contributed by atoms with van der Waals surface area (Å²) in [6.07, 6.45) is 9.04. The quantitative estimate of drug-likeness (QED) is 0.360. The van der Waals surface area contributed by atoms with Crippen LogP contribution in [-0.4, -0.2) is 84.5 Å². The van der Waals surface area contributed by atoms with Crippen molar-refractivity contribution in [3.8, 4) is 11.4 Å². The van der Waals surface area contributed by atoms with Crippen molar-refractivity contribution >= 4 is 20.9 Å². The van der Waals surface area contributed by atoms with Crippen LogP contribution in [0.1, 0.15) is 70.3 Å². The number of aryl methyl sites for hydroxylation is 1. The first-order valence-electron chi connectivity index (χ1n) is 15.7. The predicted octanol–water partition coefficient (Wildman–Crippen LogP) is 5.77. The second-order valence-electron chi connectivity index (χ2n) is 12.8. The molecule has 0 saturated carbocycles. The second-order valence-corrected chi connectivity index (χ2v) is 14.8. The fourth-order valence-electron chi connectivity index (χ4n) is 7.97. The van der Waals surface area contributed by atoms with Crippen molar-refractivity contribution in [3.63, 3.8) is 0 Å². The summed E-state index contributed by atoms with van der Waals surface area (Å²) >= 11 is 0. The molecule has 3 aromatic rings. The molecule has 3 unspecified atom stereocenters. The summed E-state index contributed by atoms with van der Waals surface area (Å²) in [4.78, 5) is 10.5. The number of halogens is 1. The van der Waals surface area contributed by atoms with E-state index < -0.39 is 9.84 Å². The van der Waals surface area contributed by atoms with Gasteiger partial charge in [0.1, 0.15) is 11.3 Å². The number of ether oxygens (including phenoxy) is 1. The maximum Gasteiger partial charge on any atom is 0.175 e. The third-order valence-electron chi connectivity index (χ3n) is 10.2. The van der Waals surface area contributed by atoms with Gasteiger partial charge >= 0.3 is 0 Å². The number of benzene rings is 2. The van der Waals surface area contributed by atoms with E-state index in [-0.39, 0.29) is 16.6 Å². The Hall–Kier alpha value is -2.33. The van der Waals surface area contributed by atoms with E-state index in [4.69, 9.17) is 9.72 Å². The van der Waals surface area contributed by atoms with Gasteiger partial charge in [0.2, 0.25) is 0 Å². The number of nitrogens with zero attached hydrogens (tertiary/aromatic N) is 4. The Labute approximate surface area is 250 Å². The van der Waals surface area contributed by atoms with E-state index in [1.165, 1.54) is 25.5 Å². The van der Waals surface area contributed by atoms with Crippen molar-refractivity contribution in [2.75, 3.05) is 32.6 Å². The van der Waals surface area contributed by atoms with Gasteiger partial charge in [-0.25, -0.2) is 17.8 Å². The minimum absolute atomic E-state index is 0.187. The SMILES string of the molecule is CCC1CC(N2CCC(c3ccc4c(nc(-c5ccc(S(C)(=O)=O)cc5)n4C)c3F)CC2)CC(C)N1C1CCOCC1. The summed E-state index contributed by atoms with van der Waals surface area (Å²) in [7, 11) is -1.40. The molecule has 7 nitrogen and oxygen atoms in total.